The summed E-state index contributed by atoms with van der Waals surface area (Å²) in [7, 11) is 0. The van der Waals surface area contributed by atoms with Crippen LogP contribution in [0.5, 0.6) is 0 Å². The van der Waals surface area contributed by atoms with Crippen LogP contribution in [0.3, 0.4) is 0 Å². The lowest BCUT2D eigenvalue weighted by Gasteiger charge is -2.17. The zero-order chi connectivity index (χ0) is 16.4. The SMILES string of the molecule is O=C(c1ccccn1)N1CCC(Nc2ccc3ccccc3n2)C1. The van der Waals surface area contributed by atoms with Gasteiger partial charge in [-0.05, 0) is 36.8 Å². The lowest BCUT2D eigenvalue weighted by Crippen LogP contribution is -2.32. The van der Waals surface area contributed by atoms with Gasteiger partial charge in [-0.1, -0.05) is 24.3 Å². The first-order valence-electron chi connectivity index (χ1n) is 8.12. The first-order valence-corrected chi connectivity index (χ1v) is 8.12. The maximum absolute atomic E-state index is 12.4. The first-order chi connectivity index (χ1) is 11.8. The highest BCUT2D eigenvalue weighted by molar-refractivity contribution is 5.92. The highest BCUT2D eigenvalue weighted by atomic mass is 16.2. The highest BCUT2D eigenvalue weighted by Gasteiger charge is 2.27. The molecule has 0 radical (unpaired) electrons. The summed E-state index contributed by atoms with van der Waals surface area (Å²) in [4.78, 5) is 23.1. The van der Waals surface area contributed by atoms with Gasteiger partial charge < -0.3 is 10.2 Å². The van der Waals surface area contributed by atoms with Gasteiger partial charge in [0.1, 0.15) is 11.5 Å². The van der Waals surface area contributed by atoms with Crippen molar-refractivity contribution in [3.8, 4) is 0 Å². The van der Waals surface area contributed by atoms with Gasteiger partial charge >= 0.3 is 0 Å². The van der Waals surface area contributed by atoms with Crippen molar-refractivity contribution in [2.75, 3.05) is 18.4 Å². The van der Waals surface area contributed by atoms with Crippen LogP contribution >= 0.6 is 0 Å². The molecule has 0 bridgehead atoms. The Hall–Kier alpha value is -2.95. The largest absolute Gasteiger partial charge is 0.365 e. The summed E-state index contributed by atoms with van der Waals surface area (Å²) in [6.07, 6.45) is 2.56. The number of hydrogen-bond acceptors (Lipinski definition) is 4. The molecule has 1 aliphatic rings. The van der Waals surface area contributed by atoms with E-state index < -0.39 is 0 Å². The Bertz CT molecular complexity index is 865. The summed E-state index contributed by atoms with van der Waals surface area (Å²) in [6.45, 7) is 1.41. The lowest BCUT2D eigenvalue weighted by molar-refractivity contribution is 0.0786. The Kier molecular flexibility index (Phi) is 3.83. The molecule has 24 heavy (non-hydrogen) atoms. The van der Waals surface area contributed by atoms with Crippen LogP contribution in [-0.2, 0) is 0 Å². The van der Waals surface area contributed by atoms with E-state index >= 15 is 0 Å². The van der Waals surface area contributed by atoms with Crippen LogP contribution in [0, 0.1) is 0 Å². The molecule has 1 fully saturated rings. The number of carbonyl (C=O) groups excluding carboxylic acids is 1. The molecular weight excluding hydrogens is 300 g/mol. The number of amides is 1. The van der Waals surface area contributed by atoms with Gasteiger partial charge in [0, 0.05) is 30.7 Å². The van der Waals surface area contributed by atoms with Crippen molar-refractivity contribution in [1.82, 2.24) is 14.9 Å². The maximum Gasteiger partial charge on any atom is 0.272 e. The molecule has 1 atom stereocenters. The lowest BCUT2D eigenvalue weighted by atomic mass is 10.2. The number of anilines is 1. The summed E-state index contributed by atoms with van der Waals surface area (Å²) in [5, 5.41) is 4.57. The average molecular weight is 318 g/mol. The Balaban J connectivity index is 1.44. The molecule has 5 nitrogen and oxygen atoms in total. The number of para-hydroxylation sites is 1. The van der Waals surface area contributed by atoms with E-state index in [0.29, 0.717) is 12.2 Å². The van der Waals surface area contributed by atoms with Gasteiger partial charge in [0.05, 0.1) is 5.52 Å². The van der Waals surface area contributed by atoms with Gasteiger partial charge in [-0.3, -0.25) is 9.78 Å². The van der Waals surface area contributed by atoms with Gasteiger partial charge in [0.15, 0.2) is 0 Å². The number of hydrogen-bond donors (Lipinski definition) is 1. The van der Waals surface area contributed by atoms with Crippen LogP contribution in [0.4, 0.5) is 5.82 Å². The number of nitrogens with one attached hydrogen (secondary N) is 1. The third-order valence-electron chi connectivity index (χ3n) is 4.31. The van der Waals surface area contributed by atoms with E-state index in [1.54, 1.807) is 12.3 Å². The number of aromatic nitrogens is 2. The number of nitrogens with zero attached hydrogens (tertiary/aromatic N) is 3. The molecule has 4 rings (SSSR count). The van der Waals surface area contributed by atoms with E-state index in [9.17, 15) is 4.79 Å². The molecule has 3 heterocycles. The fourth-order valence-corrected chi connectivity index (χ4v) is 3.07. The number of fused-ring (bicyclic) bond motifs is 1. The van der Waals surface area contributed by atoms with Crippen LogP contribution in [0.15, 0.2) is 60.8 Å². The van der Waals surface area contributed by atoms with Crippen LogP contribution in [0.2, 0.25) is 0 Å². The average Bonchev–Trinajstić information content (AvgIpc) is 3.10. The molecule has 1 aliphatic heterocycles. The highest BCUT2D eigenvalue weighted by Crippen LogP contribution is 2.19. The Morgan fingerprint density at radius 3 is 2.83 bits per heavy atom. The molecule has 1 N–H and O–H groups in total. The van der Waals surface area contributed by atoms with Gasteiger partial charge in [0.2, 0.25) is 0 Å². The molecule has 0 spiro atoms. The van der Waals surface area contributed by atoms with E-state index in [4.69, 9.17) is 0 Å². The Labute approximate surface area is 140 Å². The molecule has 2 aromatic heterocycles. The summed E-state index contributed by atoms with van der Waals surface area (Å²) in [5.41, 5.74) is 1.48. The minimum absolute atomic E-state index is 0.00799. The molecule has 5 heteroatoms. The molecule has 3 aromatic rings. The van der Waals surface area contributed by atoms with Gasteiger partial charge in [-0.2, -0.15) is 0 Å². The van der Waals surface area contributed by atoms with Crippen molar-refractivity contribution in [3.63, 3.8) is 0 Å². The van der Waals surface area contributed by atoms with Gasteiger partial charge in [-0.15, -0.1) is 0 Å². The second-order valence-corrected chi connectivity index (χ2v) is 5.99. The third-order valence-corrected chi connectivity index (χ3v) is 4.31. The number of benzene rings is 1. The third kappa shape index (κ3) is 2.93. The van der Waals surface area contributed by atoms with E-state index in [2.05, 4.69) is 27.4 Å². The fraction of sp³-hybridized carbons (Fsp3) is 0.211. The second kappa shape index (κ2) is 6.28. The number of rotatable bonds is 3. The van der Waals surface area contributed by atoms with Gasteiger partial charge in [-0.25, -0.2) is 4.98 Å². The Morgan fingerprint density at radius 2 is 1.96 bits per heavy atom. The molecule has 1 amide bonds. The van der Waals surface area contributed by atoms with Crippen LogP contribution < -0.4 is 5.32 Å². The van der Waals surface area contributed by atoms with E-state index in [0.717, 1.165) is 29.7 Å². The maximum atomic E-state index is 12.4. The van der Waals surface area contributed by atoms with E-state index in [1.165, 1.54) is 0 Å². The standard InChI is InChI=1S/C19H18N4O/c24-19(17-7-3-4-11-20-17)23-12-10-15(13-23)21-18-9-8-14-5-1-2-6-16(14)22-18/h1-9,11,15H,10,12-13H2,(H,21,22). The normalized spacial score (nSPS) is 17.2. The molecule has 0 aliphatic carbocycles. The summed E-state index contributed by atoms with van der Waals surface area (Å²) < 4.78 is 0. The van der Waals surface area contributed by atoms with Crippen LogP contribution in [0.1, 0.15) is 16.9 Å². The number of pyridine rings is 2. The zero-order valence-corrected chi connectivity index (χ0v) is 13.2. The quantitative estimate of drug-likeness (QED) is 0.806. The summed E-state index contributed by atoms with van der Waals surface area (Å²) in [5.74, 6) is 0.845. The van der Waals surface area contributed by atoms with Crippen molar-refractivity contribution >= 4 is 22.6 Å². The van der Waals surface area contributed by atoms with Crippen LogP contribution in [0.25, 0.3) is 10.9 Å². The fourth-order valence-electron chi connectivity index (χ4n) is 3.07. The van der Waals surface area contributed by atoms with Crippen molar-refractivity contribution in [1.29, 1.82) is 0 Å². The minimum Gasteiger partial charge on any atom is -0.365 e. The minimum atomic E-state index is -0.00799. The van der Waals surface area contributed by atoms with Crippen molar-refractivity contribution in [3.05, 3.63) is 66.5 Å². The van der Waals surface area contributed by atoms with Crippen molar-refractivity contribution < 1.29 is 4.79 Å². The molecule has 0 saturated carbocycles. The van der Waals surface area contributed by atoms with Crippen LogP contribution in [-0.4, -0.2) is 39.9 Å². The smallest absolute Gasteiger partial charge is 0.272 e. The monoisotopic (exact) mass is 318 g/mol. The predicted octanol–water partition coefficient (Wildman–Crippen LogP) is 2.96. The molecule has 120 valence electrons. The Morgan fingerprint density at radius 1 is 1.08 bits per heavy atom. The molecule has 1 aromatic carbocycles. The summed E-state index contributed by atoms with van der Waals surface area (Å²) in [6, 6.07) is 17.7. The van der Waals surface area contributed by atoms with Crippen molar-refractivity contribution in [2.24, 2.45) is 0 Å². The first kappa shape index (κ1) is 14.6. The number of carbonyl (C=O) groups is 1. The second-order valence-electron chi connectivity index (χ2n) is 5.99. The topological polar surface area (TPSA) is 58.1 Å². The predicted molar refractivity (Wildman–Crippen MR) is 93.9 cm³/mol. The zero-order valence-electron chi connectivity index (χ0n) is 13.2. The van der Waals surface area contributed by atoms with E-state index in [-0.39, 0.29) is 11.9 Å². The van der Waals surface area contributed by atoms with Gasteiger partial charge in [0.25, 0.3) is 5.91 Å². The molecular formula is C19H18N4O. The van der Waals surface area contributed by atoms with Crippen molar-refractivity contribution in [2.45, 2.75) is 12.5 Å². The van der Waals surface area contributed by atoms with E-state index in [1.807, 2.05) is 41.3 Å². The molecule has 1 saturated heterocycles. The summed E-state index contributed by atoms with van der Waals surface area (Å²) >= 11 is 0. The number of likely N-dealkylation sites (tertiary alicyclic amines) is 1. The molecule has 1 unspecified atom stereocenters.